The molecule has 0 saturated carbocycles. The predicted molar refractivity (Wildman–Crippen MR) is 132 cm³/mol. The number of benzene rings is 2. The van der Waals surface area contributed by atoms with Gasteiger partial charge in [0.05, 0.1) is 18.9 Å². The molecule has 0 spiro atoms. The number of carbonyl (C=O) groups is 4. The number of likely N-dealkylation sites (tertiary alicyclic amines) is 1. The van der Waals surface area contributed by atoms with Crippen LogP contribution in [0.25, 0.3) is 10.8 Å². The molecule has 2 aliphatic heterocycles. The number of nitrogens with zero attached hydrogens (tertiary/aromatic N) is 1. The van der Waals surface area contributed by atoms with E-state index in [1.54, 1.807) is 33.9 Å². The van der Waals surface area contributed by atoms with E-state index in [-0.39, 0.29) is 19.4 Å². The molecule has 2 saturated heterocycles. The zero-order valence-electron chi connectivity index (χ0n) is 20.8. The van der Waals surface area contributed by atoms with Crippen molar-refractivity contribution >= 4 is 34.6 Å². The van der Waals surface area contributed by atoms with Crippen LogP contribution < -0.4 is 21.1 Å². The maximum atomic E-state index is 13.8. The Balaban J connectivity index is 1.86. The molecule has 4 atom stereocenters. The Kier molecular flexibility index (Phi) is 6.42. The lowest BCUT2D eigenvalue weighted by atomic mass is 9.76. The molecule has 10 nitrogen and oxygen atoms in total. The fourth-order valence-electron chi connectivity index (χ4n) is 5.79. The van der Waals surface area contributed by atoms with Crippen molar-refractivity contribution in [2.45, 2.75) is 50.7 Å². The average molecular weight is 497 g/mol. The molecule has 2 heterocycles. The second-order valence-electron chi connectivity index (χ2n) is 10.4. The van der Waals surface area contributed by atoms with Crippen molar-refractivity contribution in [2.75, 3.05) is 13.7 Å². The van der Waals surface area contributed by atoms with Crippen LogP contribution in [0.15, 0.2) is 36.4 Å². The number of fused-ring (bicyclic) bond motifs is 2. The van der Waals surface area contributed by atoms with Gasteiger partial charge in [0, 0.05) is 23.5 Å². The molecule has 0 aliphatic carbocycles. The number of aliphatic carboxylic acids is 1. The predicted octanol–water partition coefficient (Wildman–Crippen LogP) is 2.16. The maximum absolute atomic E-state index is 13.8. The maximum Gasteiger partial charge on any atom is 0.324 e. The first-order valence-electron chi connectivity index (χ1n) is 11.9. The van der Waals surface area contributed by atoms with E-state index in [2.05, 4.69) is 10.6 Å². The van der Waals surface area contributed by atoms with Crippen LogP contribution in [-0.2, 0) is 14.4 Å². The smallest absolute Gasteiger partial charge is 0.324 e. The number of nitrogens with one attached hydrogen (secondary N) is 2. The van der Waals surface area contributed by atoms with E-state index < -0.39 is 52.8 Å². The highest BCUT2D eigenvalue weighted by Crippen LogP contribution is 2.53. The fourth-order valence-corrected chi connectivity index (χ4v) is 5.79. The van der Waals surface area contributed by atoms with Crippen molar-refractivity contribution < 1.29 is 29.0 Å². The number of hydrogen-bond donors (Lipinski definition) is 4. The van der Waals surface area contributed by atoms with Gasteiger partial charge in [-0.05, 0) is 50.6 Å². The lowest BCUT2D eigenvalue weighted by Gasteiger charge is -2.35. The number of ether oxygens (including phenoxy) is 1. The van der Waals surface area contributed by atoms with Crippen LogP contribution in [-0.4, -0.2) is 58.6 Å². The Hall–Kier alpha value is -3.66. The Morgan fingerprint density at radius 2 is 1.81 bits per heavy atom. The Morgan fingerprint density at radius 1 is 1.14 bits per heavy atom. The molecule has 2 fully saturated rings. The summed E-state index contributed by atoms with van der Waals surface area (Å²) in [7, 11) is 1.57. The average Bonchev–Trinajstić information content (AvgIpc) is 3.29. The molecular formula is C26H32N4O6. The SMILES string of the molecule is COc1ccc(C2NC(CCCNC(N)=O)(C(=O)O)C3C(=O)N(C(C)(C)C)C(=O)C23)c2ccccc12. The summed E-state index contributed by atoms with van der Waals surface area (Å²) >= 11 is 0. The molecule has 2 aliphatic rings. The number of urea groups is 1. The summed E-state index contributed by atoms with van der Waals surface area (Å²) in [6.45, 7) is 5.42. The van der Waals surface area contributed by atoms with Gasteiger partial charge in [0.2, 0.25) is 11.8 Å². The Bertz CT molecular complexity index is 1240. The van der Waals surface area contributed by atoms with Crippen LogP contribution in [0.2, 0.25) is 0 Å². The molecule has 4 rings (SSSR count). The standard InChI is InChI=1S/C26H32N4O6/c1-25(2,3)30-21(31)18-19(22(30)32)26(23(33)34,12-7-13-28-24(27)35)29-20(18)16-10-11-17(36-4)15-9-6-5-8-14(15)16/h5-6,8-11,18-20,29H,7,12-13H2,1-4H3,(H,33,34)(H3,27,28,35). The third-order valence-electron chi connectivity index (χ3n) is 7.23. The van der Waals surface area contributed by atoms with Crippen LogP contribution in [0.3, 0.4) is 0 Å². The van der Waals surface area contributed by atoms with E-state index in [0.717, 1.165) is 16.3 Å². The number of carboxylic acids is 1. The fraction of sp³-hybridized carbons (Fsp3) is 0.462. The third-order valence-corrected chi connectivity index (χ3v) is 7.23. The molecule has 4 amide bonds. The van der Waals surface area contributed by atoms with E-state index in [0.29, 0.717) is 5.75 Å². The molecule has 4 unspecified atom stereocenters. The zero-order valence-corrected chi connectivity index (χ0v) is 20.8. The van der Waals surface area contributed by atoms with Crippen LogP contribution in [0.4, 0.5) is 4.79 Å². The normalized spacial score (nSPS) is 25.8. The first kappa shape index (κ1) is 25.4. The van der Waals surface area contributed by atoms with Gasteiger partial charge in [-0.15, -0.1) is 0 Å². The second-order valence-corrected chi connectivity index (χ2v) is 10.4. The number of nitrogens with two attached hydrogens (primary N) is 1. The molecule has 36 heavy (non-hydrogen) atoms. The molecule has 10 heteroatoms. The summed E-state index contributed by atoms with van der Waals surface area (Å²) in [6, 6.07) is 9.69. The van der Waals surface area contributed by atoms with Crippen molar-refractivity contribution in [1.82, 2.24) is 15.5 Å². The summed E-state index contributed by atoms with van der Waals surface area (Å²) in [5.74, 6) is -3.48. The molecule has 2 aromatic carbocycles. The molecule has 0 bridgehead atoms. The third kappa shape index (κ3) is 3.95. The van der Waals surface area contributed by atoms with Gasteiger partial charge >= 0.3 is 12.0 Å². The second kappa shape index (κ2) is 9.09. The molecule has 5 N–H and O–H groups in total. The summed E-state index contributed by atoms with van der Waals surface area (Å²) in [5.41, 5.74) is 3.34. The minimum absolute atomic E-state index is 0.0192. The number of methoxy groups -OCH3 is 1. The van der Waals surface area contributed by atoms with Gasteiger partial charge in [-0.1, -0.05) is 30.3 Å². The van der Waals surface area contributed by atoms with Crippen LogP contribution in [0, 0.1) is 11.8 Å². The first-order chi connectivity index (χ1) is 16.9. The Morgan fingerprint density at radius 3 is 2.39 bits per heavy atom. The van der Waals surface area contributed by atoms with Gasteiger partial charge in [-0.25, -0.2) is 4.79 Å². The number of carboxylic acid groups (broad SMARTS) is 1. The topological polar surface area (TPSA) is 151 Å². The van der Waals surface area contributed by atoms with E-state index in [4.69, 9.17) is 10.5 Å². The van der Waals surface area contributed by atoms with Gasteiger partial charge in [-0.3, -0.25) is 24.6 Å². The lowest BCUT2D eigenvalue weighted by molar-refractivity contribution is -0.154. The molecule has 0 radical (unpaired) electrons. The highest BCUT2D eigenvalue weighted by molar-refractivity contribution is 6.10. The monoisotopic (exact) mass is 496 g/mol. The van der Waals surface area contributed by atoms with E-state index in [1.165, 1.54) is 4.90 Å². The Labute approximate surface area is 209 Å². The van der Waals surface area contributed by atoms with Gasteiger partial charge in [0.1, 0.15) is 11.3 Å². The molecule has 0 aromatic heterocycles. The summed E-state index contributed by atoms with van der Waals surface area (Å²) < 4.78 is 5.51. The van der Waals surface area contributed by atoms with Crippen LogP contribution in [0.1, 0.15) is 45.2 Å². The highest BCUT2D eigenvalue weighted by atomic mass is 16.5. The molecular weight excluding hydrogens is 464 g/mol. The zero-order chi connectivity index (χ0) is 26.4. The van der Waals surface area contributed by atoms with Crippen molar-refractivity contribution in [1.29, 1.82) is 0 Å². The van der Waals surface area contributed by atoms with Gasteiger partial charge in [-0.2, -0.15) is 0 Å². The summed E-state index contributed by atoms with van der Waals surface area (Å²) in [4.78, 5) is 52.7. The quantitative estimate of drug-likeness (QED) is 0.339. The minimum Gasteiger partial charge on any atom is -0.496 e. The largest absolute Gasteiger partial charge is 0.496 e. The van der Waals surface area contributed by atoms with Crippen molar-refractivity contribution in [2.24, 2.45) is 17.6 Å². The summed E-state index contributed by atoms with van der Waals surface area (Å²) in [5, 5.41) is 17.8. The number of imide groups is 1. The molecule has 2 aromatic rings. The van der Waals surface area contributed by atoms with Gasteiger partial charge in [0.25, 0.3) is 0 Å². The van der Waals surface area contributed by atoms with Crippen LogP contribution >= 0.6 is 0 Å². The number of amides is 4. The first-order valence-corrected chi connectivity index (χ1v) is 11.9. The van der Waals surface area contributed by atoms with E-state index in [9.17, 15) is 24.3 Å². The van der Waals surface area contributed by atoms with Gasteiger partial charge < -0.3 is 20.9 Å². The van der Waals surface area contributed by atoms with Crippen molar-refractivity contribution in [3.8, 4) is 5.75 Å². The number of rotatable bonds is 7. The van der Waals surface area contributed by atoms with E-state index >= 15 is 0 Å². The van der Waals surface area contributed by atoms with Crippen molar-refractivity contribution in [3.63, 3.8) is 0 Å². The number of hydrogen-bond acceptors (Lipinski definition) is 6. The summed E-state index contributed by atoms with van der Waals surface area (Å²) in [6.07, 6.45) is 0.268. The van der Waals surface area contributed by atoms with Crippen LogP contribution in [0.5, 0.6) is 5.75 Å². The lowest BCUT2D eigenvalue weighted by Crippen LogP contribution is -2.57. The number of carbonyl (C=O) groups excluding carboxylic acids is 3. The molecule has 192 valence electrons. The van der Waals surface area contributed by atoms with Crippen molar-refractivity contribution in [3.05, 3.63) is 42.0 Å². The number of primary amides is 1. The van der Waals surface area contributed by atoms with E-state index in [1.807, 2.05) is 30.3 Å². The van der Waals surface area contributed by atoms with Gasteiger partial charge in [0.15, 0.2) is 0 Å². The highest BCUT2D eigenvalue weighted by Gasteiger charge is 2.69. The minimum atomic E-state index is -1.71.